The molecular weight excluding hydrogens is 318 g/mol. The number of amides is 1. The first-order valence-corrected chi connectivity index (χ1v) is 8.35. The first kappa shape index (κ1) is 16.8. The summed E-state index contributed by atoms with van der Waals surface area (Å²) >= 11 is 0. The molecule has 0 saturated carbocycles. The van der Waals surface area contributed by atoms with Crippen LogP contribution in [0.25, 0.3) is 11.3 Å². The van der Waals surface area contributed by atoms with Gasteiger partial charge in [0.2, 0.25) is 0 Å². The molecule has 0 spiro atoms. The average Bonchev–Trinajstić information content (AvgIpc) is 3.32. The maximum Gasteiger partial charge on any atom is 0.269 e. The molecular formula is C19H21N3O3. The molecule has 6 heteroatoms. The topological polar surface area (TPSA) is 80.1 Å². The summed E-state index contributed by atoms with van der Waals surface area (Å²) in [7, 11) is 0. The Balaban J connectivity index is 1.59. The van der Waals surface area contributed by atoms with E-state index in [0.29, 0.717) is 23.7 Å². The van der Waals surface area contributed by atoms with E-state index in [4.69, 9.17) is 9.15 Å². The van der Waals surface area contributed by atoms with Crippen LogP contribution in [0.2, 0.25) is 0 Å². The molecule has 0 aliphatic heterocycles. The summed E-state index contributed by atoms with van der Waals surface area (Å²) in [5.74, 6) is 1.31. The molecule has 1 aromatic carbocycles. The number of rotatable bonds is 8. The van der Waals surface area contributed by atoms with Gasteiger partial charge in [0.05, 0.1) is 25.1 Å². The van der Waals surface area contributed by atoms with Gasteiger partial charge >= 0.3 is 0 Å². The summed E-state index contributed by atoms with van der Waals surface area (Å²) in [5, 5.41) is 9.75. The lowest BCUT2D eigenvalue weighted by Crippen LogP contribution is -2.22. The third-order valence-corrected chi connectivity index (χ3v) is 3.74. The Labute approximate surface area is 146 Å². The molecule has 0 radical (unpaired) electrons. The Kier molecular flexibility index (Phi) is 5.51. The van der Waals surface area contributed by atoms with Gasteiger partial charge in [0, 0.05) is 5.56 Å². The van der Waals surface area contributed by atoms with Gasteiger partial charge in [-0.05, 0) is 48.9 Å². The molecule has 25 heavy (non-hydrogen) atoms. The quantitative estimate of drug-likeness (QED) is 0.612. The minimum absolute atomic E-state index is 0.227. The second kappa shape index (κ2) is 8.19. The number of H-pyrrole nitrogens is 1. The van der Waals surface area contributed by atoms with Gasteiger partial charge in [0.15, 0.2) is 0 Å². The fourth-order valence-corrected chi connectivity index (χ4v) is 2.32. The number of hydrogen-bond donors (Lipinski definition) is 2. The molecule has 0 unspecified atom stereocenters. The van der Waals surface area contributed by atoms with Gasteiger partial charge in [0.1, 0.15) is 17.2 Å². The summed E-state index contributed by atoms with van der Waals surface area (Å²) in [6.45, 7) is 3.19. The van der Waals surface area contributed by atoms with E-state index in [9.17, 15) is 4.79 Å². The summed E-state index contributed by atoms with van der Waals surface area (Å²) in [4.78, 5) is 12.1. The fourth-order valence-electron chi connectivity index (χ4n) is 2.32. The van der Waals surface area contributed by atoms with Gasteiger partial charge in [-0.15, -0.1) is 0 Å². The minimum atomic E-state index is -0.227. The summed E-state index contributed by atoms with van der Waals surface area (Å²) in [6.07, 6.45) is 3.72. The Morgan fingerprint density at radius 2 is 2.12 bits per heavy atom. The Morgan fingerprint density at radius 1 is 1.28 bits per heavy atom. The van der Waals surface area contributed by atoms with Crippen LogP contribution in [0.4, 0.5) is 0 Å². The highest BCUT2D eigenvalue weighted by Gasteiger charge is 2.11. The Morgan fingerprint density at radius 3 is 2.84 bits per heavy atom. The van der Waals surface area contributed by atoms with E-state index in [2.05, 4.69) is 22.4 Å². The predicted octanol–water partition coefficient (Wildman–Crippen LogP) is 3.78. The lowest BCUT2D eigenvalue weighted by Gasteiger charge is -2.05. The van der Waals surface area contributed by atoms with Crippen LogP contribution in [0.1, 0.15) is 36.0 Å². The SMILES string of the molecule is CCCCOc1ccc(-c2cc(C(=O)NCc3ccco3)[nH]n2)cc1. The van der Waals surface area contributed by atoms with Crippen LogP contribution in [0.15, 0.2) is 53.1 Å². The van der Waals surface area contributed by atoms with Gasteiger partial charge in [-0.3, -0.25) is 9.89 Å². The molecule has 2 heterocycles. The van der Waals surface area contributed by atoms with Crippen molar-refractivity contribution in [1.29, 1.82) is 0 Å². The normalized spacial score (nSPS) is 10.6. The number of benzene rings is 1. The van der Waals surface area contributed by atoms with Crippen LogP contribution >= 0.6 is 0 Å². The van der Waals surface area contributed by atoms with Crippen molar-refractivity contribution in [2.24, 2.45) is 0 Å². The maximum atomic E-state index is 12.1. The first-order valence-electron chi connectivity index (χ1n) is 8.35. The van der Waals surface area contributed by atoms with Gasteiger partial charge < -0.3 is 14.5 Å². The number of furan rings is 1. The standard InChI is InChI=1S/C19H21N3O3/c1-2-3-10-24-15-8-6-14(7-9-15)17-12-18(22-21-17)19(23)20-13-16-5-4-11-25-16/h4-9,11-12H,2-3,10,13H2,1H3,(H,20,23)(H,21,22). The van der Waals surface area contributed by atoms with E-state index in [1.54, 1.807) is 18.4 Å². The van der Waals surface area contributed by atoms with E-state index < -0.39 is 0 Å². The fraction of sp³-hybridized carbons (Fsp3) is 0.263. The van der Waals surface area contributed by atoms with E-state index >= 15 is 0 Å². The van der Waals surface area contributed by atoms with Crippen molar-refractivity contribution in [3.63, 3.8) is 0 Å². The number of hydrogen-bond acceptors (Lipinski definition) is 4. The smallest absolute Gasteiger partial charge is 0.269 e. The van der Waals surface area contributed by atoms with Gasteiger partial charge in [-0.2, -0.15) is 5.10 Å². The van der Waals surface area contributed by atoms with E-state index in [-0.39, 0.29) is 5.91 Å². The van der Waals surface area contributed by atoms with E-state index in [0.717, 1.165) is 30.8 Å². The molecule has 3 rings (SSSR count). The summed E-state index contributed by atoms with van der Waals surface area (Å²) < 4.78 is 10.8. The van der Waals surface area contributed by atoms with Crippen molar-refractivity contribution in [3.8, 4) is 17.0 Å². The van der Waals surface area contributed by atoms with E-state index in [1.807, 2.05) is 30.3 Å². The van der Waals surface area contributed by atoms with Gasteiger partial charge in [0.25, 0.3) is 5.91 Å². The second-order valence-electron chi connectivity index (χ2n) is 5.66. The molecule has 1 amide bonds. The molecule has 130 valence electrons. The molecule has 2 N–H and O–H groups in total. The number of carbonyl (C=O) groups excluding carboxylic acids is 1. The molecule has 0 aliphatic rings. The lowest BCUT2D eigenvalue weighted by atomic mass is 10.1. The minimum Gasteiger partial charge on any atom is -0.494 e. The highest BCUT2D eigenvalue weighted by Crippen LogP contribution is 2.21. The molecule has 3 aromatic rings. The number of aromatic nitrogens is 2. The maximum absolute atomic E-state index is 12.1. The van der Waals surface area contributed by atoms with Crippen LogP contribution in [0.3, 0.4) is 0 Å². The zero-order valence-corrected chi connectivity index (χ0v) is 14.1. The summed E-state index contributed by atoms with van der Waals surface area (Å²) in [5.41, 5.74) is 2.04. The zero-order valence-electron chi connectivity index (χ0n) is 14.1. The number of unbranched alkanes of at least 4 members (excludes halogenated alkanes) is 1. The van der Waals surface area contributed by atoms with Crippen molar-refractivity contribution in [3.05, 3.63) is 60.2 Å². The third-order valence-electron chi connectivity index (χ3n) is 3.74. The number of nitrogens with zero attached hydrogens (tertiary/aromatic N) is 1. The molecule has 6 nitrogen and oxygen atoms in total. The van der Waals surface area contributed by atoms with Crippen LogP contribution < -0.4 is 10.1 Å². The number of aromatic amines is 1. The number of nitrogens with one attached hydrogen (secondary N) is 2. The number of ether oxygens (including phenoxy) is 1. The molecule has 0 aliphatic carbocycles. The van der Waals surface area contributed by atoms with Crippen LogP contribution in [0.5, 0.6) is 5.75 Å². The van der Waals surface area contributed by atoms with Crippen LogP contribution in [0, 0.1) is 0 Å². The third kappa shape index (κ3) is 4.50. The van der Waals surface area contributed by atoms with Crippen molar-refractivity contribution < 1.29 is 13.9 Å². The van der Waals surface area contributed by atoms with Crippen LogP contribution in [-0.2, 0) is 6.54 Å². The Bertz CT molecular complexity index is 792. The molecule has 0 saturated heterocycles. The van der Waals surface area contributed by atoms with E-state index in [1.165, 1.54) is 0 Å². The monoisotopic (exact) mass is 339 g/mol. The first-order chi connectivity index (χ1) is 12.3. The van der Waals surface area contributed by atoms with Gasteiger partial charge in [-0.1, -0.05) is 13.3 Å². The van der Waals surface area contributed by atoms with Crippen molar-refractivity contribution >= 4 is 5.91 Å². The second-order valence-corrected chi connectivity index (χ2v) is 5.66. The molecule has 2 aromatic heterocycles. The molecule has 0 bridgehead atoms. The van der Waals surface area contributed by atoms with Crippen molar-refractivity contribution in [1.82, 2.24) is 15.5 Å². The predicted molar refractivity (Wildman–Crippen MR) is 94.3 cm³/mol. The molecule has 0 fully saturated rings. The molecule has 0 atom stereocenters. The van der Waals surface area contributed by atoms with Crippen molar-refractivity contribution in [2.75, 3.05) is 6.61 Å². The van der Waals surface area contributed by atoms with Crippen molar-refractivity contribution in [2.45, 2.75) is 26.3 Å². The highest BCUT2D eigenvalue weighted by molar-refractivity contribution is 5.93. The van der Waals surface area contributed by atoms with Gasteiger partial charge in [-0.25, -0.2) is 0 Å². The largest absolute Gasteiger partial charge is 0.494 e. The van der Waals surface area contributed by atoms with Crippen LogP contribution in [-0.4, -0.2) is 22.7 Å². The number of carbonyl (C=O) groups is 1. The summed E-state index contributed by atoms with van der Waals surface area (Å²) in [6, 6.07) is 13.0. The zero-order chi connectivity index (χ0) is 17.5. The highest BCUT2D eigenvalue weighted by atomic mass is 16.5. The Hall–Kier alpha value is -3.02. The lowest BCUT2D eigenvalue weighted by molar-refractivity contribution is 0.0943. The average molecular weight is 339 g/mol.